The van der Waals surface area contributed by atoms with Gasteiger partial charge in [-0.2, -0.15) is 0 Å². The highest BCUT2D eigenvalue weighted by atomic mass is 16.5. The van der Waals surface area contributed by atoms with Crippen LogP contribution in [0.4, 0.5) is 0 Å². The zero-order valence-electron chi connectivity index (χ0n) is 17.2. The van der Waals surface area contributed by atoms with Gasteiger partial charge in [0.05, 0.1) is 18.3 Å². The first-order valence-electron chi connectivity index (χ1n) is 10.4. The SMILES string of the molecule is CO[C@@H]1C[C@H]2CN(CCc3ccccc3)C[C@H]2C[C@H]1n1cc(C(C)(C)O)nn1. The molecule has 0 unspecified atom stereocenters. The van der Waals surface area contributed by atoms with E-state index < -0.39 is 5.60 Å². The molecule has 2 aromatic rings. The summed E-state index contributed by atoms with van der Waals surface area (Å²) in [6, 6.07) is 10.9. The number of aliphatic hydroxyl groups is 1. The van der Waals surface area contributed by atoms with E-state index >= 15 is 0 Å². The smallest absolute Gasteiger partial charge is 0.114 e. The Balaban J connectivity index is 1.41. The van der Waals surface area contributed by atoms with Gasteiger partial charge in [0.2, 0.25) is 0 Å². The van der Waals surface area contributed by atoms with E-state index in [1.54, 1.807) is 21.0 Å². The summed E-state index contributed by atoms with van der Waals surface area (Å²) in [5.74, 6) is 1.36. The van der Waals surface area contributed by atoms with Crippen molar-refractivity contribution in [2.24, 2.45) is 11.8 Å². The Labute approximate surface area is 167 Å². The van der Waals surface area contributed by atoms with Crippen LogP contribution in [0.1, 0.15) is 44.0 Å². The number of aromatic nitrogens is 3. The average Bonchev–Trinajstić information content (AvgIpc) is 3.32. The van der Waals surface area contributed by atoms with Gasteiger partial charge in [-0.1, -0.05) is 35.5 Å². The maximum Gasteiger partial charge on any atom is 0.114 e. The van der Waals surface area contributed by atoms with Gasteiger partial charge in [0, 0.05) is 26.7 Å². The van der Waals surface area contributed by atoms with Gasteiger partial charge in [0.1, 0.15) is 11.3 Å². The maximum absolute atomic E-state index is 10.2. The molecule has 2 heterocycles. The second-order valence-electron chi connectivity index (χ2n) is 8.97. The molecule has 1 aliphatic heterocycles. The van der Waals surface area contributed by atoms with Crippen LogP contribution in [0.25, 0.3) is 0 Å². The van der Waals surface area contributed by atoms with Crippen molar-refractivity contribution in [2.45, 2.75) is 50.9 Å². The van der Waals surface area contributed by atoms with Crippen molar-refractivity contribution in [3.05, 3.63) is 47.8 Å². The Bertz CT molecular complexity index is 770. The molecular weight excluding hydrogens is 352 g/mol. The zero-order chi connectivity index (χ0) is 19.7. The first-order chi connectivity index (χ1) is 13.4. The van der Waals surface area contributed by atoms with Crippen LogP contribution in [0.15, 0.2) is 36.5 Å². The quantitative estimate of drug-likeness (QED) is 0.830. The molecule has 4 rings (SSSR count). The van der Waals surface area contributed by atoms with Gasteiger partial charge in [0.15, 0.2) is 0 Å². The number of hydrogen-bond donors (Lipinski definition) is 1. The first kappa shape index (κ1) is 19.6. The third-order valence-corrected chi connectivity index (χ3v) is 6.50. The monoisotopic (exact) mass is 384 g/mol. The van der Waals surface area contributed by atoms with Crippen LogP contribution in [0.3, 0.4) is 0 Å². The van der Waals surface area contributed by atoms with Crippen LogP contribution in [0, 0.1) is 11.8 Å². The normalized spacial score (nSPS) is 28.4. The van der Waals surface area contributed by atoms with Crippen LogP contribution in [0.5, 0.6) is 0 Å². The standard InChI is InChI=1S/C22H32N4O2/c1-22(2,27)21-15-26(24-23-21)19-11-17-13-25(14-18(17)12-20(19)28-3)10-9-16-7-5-4-6-8-16/h4-8,15,17-20,27H,9-14H2,1-3H3/t17-,18+,19-,20-/m1/s1. The van der Waals surface area contributed by atoms with Gasteiger partial charge >= 0.3 is 0 Å². The molecule has 0 spiro atoms. The minimum absolute atomic E-state index is 0.145. The second-order valence-corrected chi connectivity index (χ2v) is 8.97. The molecule has 1 saturated heterocycles. The van der Waals surface area contributed by atoms with E-state index in [9.17, 15) is 5.11 Å². The number of rotatable bonds is 6. The highest BCUT2D eigenvalue weighted by Gasteiger charge is 2.43. The summed E-state index contributed by atoms with van der Waals surface area (Å²) in [5, 5.41) is 18.7. The zero-order valence-corrected chi connectivity index (χ0v) is 17.2. The molecule has 1 aliphatic carbocycles. The average molecular weight is 385 g/mol. The Kier molecular flexibility index (Phi) is 5.54. The number of methoxy groups -OCH3 is 1. The maximum atomic E-state index is 10.2. The molecule has 2 aliphatic rings. The van der Waals surface area contributed by atoms with Crippen molar-refractivity contribution >= 4 is 0 Å². The number of hydrogen-bond acceptors (Lipinski definition) is 5. The van der Waals surface area contributed by atoms with Crippen LogP contribution in [-0.4, -0.2) is 57.8 Å². The lowest BCUT2D eigenvalue weighted by Crippen LogP contribution is -2.37. The lowest BCUT2D eigenvalue weighted by molar-refractivity contribution is -0.00555. The van der Waals surface area contributed by atoms with E-state index in [1.807, 2.05) is 10.9 Å². The molecule has 2 fully saturated rings. The summed E-state index contributed by atoms with van der Waals surface area (Å²) in [4.78, 5) is 2.61. The lowest BCUT2D eigenvalue weighted by atomic mass is 9.77. The Morgan fingerprint density at radius 2 is 1.86 bits per heavy atom. The molecule has 0 bridgehead atoms. The van der Waals surface area contributed by atoms with E-state index in [4.69, 9.17) is 4.74 Å². The molecule has 6 nitrogen and oxygen atoms in total. The molecule has 1 saturated carbocycles. The van der Waals surface area contributed by atoms with Crippen LogP contribution in [0.2, 0.25) is 0 Å². The van der Waals surface area contributed by atoms with Crippen molar-refractivity contribution in [1.82, 2.24) is 19.9 Å². The van der Waals surface area contributed by atoms with Gasteiger partial charge in [-0.25, -0.2) is 4.68 Å². The van der Waals surface area contributed by atoms with Gasteiger partial charge in [-0.3, -0.25) is 0 Å². The molecule has 0 radical (unpaired) electrons. The Morgan fingerprint density at radius 3 is 2.50 bits per heavy atom. The van der Waals surface area contributed by atoms with Crippen molar-refractivity contribution < 1.29 is 9.84 Å². The van der Waals surface area contributed by atoms with E-state index in [-0.39, 0.29) is 12.1 Å². The number of fused-ring (bicyclic) bond motifs is 1. The topological polar surface area (TPSA) is 63.4 Å². The summed E-state index contributed by atoms with van der Waals surface area (Å²) in [6.07, 6.45) is 5.26. The second kappa shape index (κ2) is 7.93. The highest BCUT2D eigenvalue weighted by Crippen LogP contribution is 2.42. The van der Waals surface area contributed by atoms with Gasteiger partial charge < -0.3 is 14.7 Å². The minimum Gasteiger partial charge on any atom is -0.384 e. The summed E-state index contributed by atoms with van der Waals surface area (Å²) < 4.78 is 7.78. The fourth-order valence-corrected chi connectivity index (χ4v) is 4.85. The summed E-state index contributed by atoms with van der Waals surface area (Å²) in [6.45, 7) is 6.92. The summed E-state index contributed by atoms with van der Waals surface area (Å²) >= 11 is 0. The van der Waals surface area contributed by atoms with E-state index in [0.29, 0.717) is 17.5 Å². The molecule has 0 amide bonds. The third kappa shape index (κ3) is 4.14. The summed E-state index contributed by atoms with van der Waals surface area (Å²) in [7, 11) is 1.80. The predicted octanol–water partition coefficient (Wildman–Crippen LogP) is 2.65. The van der Waals surface area contributed by atoms with Crippen LogP contribution >= 0.6 is 0 Å². The molecule has 152 valence electrons. The number of likely N-dealkylation sites (tertiary alicyclic amines) is 1. The van der Waals surface area contributed by atoms with E-state index in [0.717, 1.165) is 38.9 Å². The van der Waals surface area contributed by atoms with Crippen molar-refractivity contribution in [3.63, 3.8) is 0 Å². The Hall–Kier alpha value is -1.76. The van der Waals surface area contributed by atoms with Gasteiger partial charge in [-0.05, 0) is 50.5 Å². The van der Waals surface area contributed by atoms with E-state index in [2.05, 4.69) is 45.5 Å². The van der Waals surface area contributed by atoms with Crippen molar-refractivity contribution in [1.29, 1.82) is 0 Å². The number of ether oxygens (including phenoxy) is 1. The van der Waals surface area contributed by atoms with Gasteiger partial charge in [-0.15, -0.1) is 5.10 Å². The van der Waals surface area contributed by atoms with Crippen molar-refractivity contribution in [2.75, 3.05) is 26.7 Å². The van der Waals surface area contributed by atoms with Gasteiger partial charge in [0.25, 0.3) is 0 Å². The van der Waals surface area contributed by atoms with Crippen LogP contribution in [-0.2, 0) is 16.8 Å². The fourth-order valence-electron chi connectivity index (χ4n) is 4.85. The molecule has 1 aromatic heterocycles. The number of benzene rings is 1. The largest absolute Gasteiger partial charge is 0.384 e. The predicted molar refractivity (Wildman–Crippen MR) is 108 cm³/mol. The molecule has 4 atom stereocenters. The fraction of sp³-hybridized carbons (Fsp3) is 0.636. The van der Waals surface area contributed by atoms with E-state index in [1.165, 1.54) is 5.56 Å². The first-order valence-corrected chi connectivity index (χ1v) is 10.4. The molecular formula is C22H32N4O2. The molecule has 6 heteroatoms. The molecule has 1 aromatic carbocycles. The Morgan fingerprint density at radius 1 is 1.14 bits per heavy atom. The molecule has 1 N–H and O–H groups in total. The summed E-state index contributed by atoms with van der Waals surface area (Å²) in [5.41, 5.74) is 1.05. The van der Waals surface area contributed by atoms with Crippen molar-refractivity contribution in [3.8, 4) is 0 Å². The lowest BCUT2D eigenvalue weighted by Gasteiger charge is -2.37. The minimum atomic E-state index is -0.973. The molecule has 28 heavy (non-hydrogen) atoms. The highest BCUT2D eigenvalue weighted by molar-refractivity contribution is 5.15. The third-order valence-electron chi connectivity index (χ3n) is 6.50. The van der Waals surface area contributed by atoms with Crippen LogP contribution < -0.4 is 0 Å². The number of nitrogens with zero attached hydrogens (tertiary/aromatic N) is 4.